The van der Waals surface area contributed by atoms with E-state index in [9.17, 15) is 14.4 Å². The van der Waals surface area contributed by atoms with Gasteiger partial charge in [-0.1, -0.05) is 19.1 Å². The van der Waals surface area contributed by atoms with Crippen LogP contribution in [0.4, 0.5) is 0 Å². The fourth-order valence-corrected chi connectivity index (χ4v) is 1.70. The molecule has 1 aliphatic rings. The third-order valence-corrected chi connectivity index (χ3v) is 2.58. The van der Waals surface area contributed by atoms with E-state index in [0.717, 1.165) is 0 Å². The number of hydrogen-bond acceptors (Lipinski definition) is 3. The molecular formula is C12H14O5. The largest absolute Gasteiger partial charge is 0.481 e. The van der Waals surface area contributed by atoms with E-state index in [1.165, 1.54) is 6.08 Å². The summed E-state index contributed by atoms with van der Waals surface area (Å²) >= 11 is 0. The Kier molecular flexibility index (Phi) is 4.20. The summed E-state index contributed by atoms with van der Waals surface area (Å²) in [6.45, 7) is 1.87. The lowest BCUT2D eigenvalue weighted by Crippen LogP contribution is -2.16. The van der Waals surface area contributed by atoms with Crippen LogP contribution in [-0.2, 0) is 14.4 Å². The molecule has 0 saturated carbocycles. The molecule has 5 heteroatoms. The van der Waals surface area contributed by atoms with Crippen LogP contribution in [0, 0.1) is 5.92 Å². The monoisotopic (exact) mass is 238 g/mol. The lowest BCUT2D eigenvalue weighted by atomic mass is 9.87. The van der Waals surface area contributed by atoms with Gasteiger partial charge in [0.25, 0.3) is 0 Å². The zero-order valence-electron chi connectivity index (χ0n) is 9.47. The highest BCUT2D eigenvalue weighted by molar-refractivity contribution is 6.05. The number of carbonyl (C=O) groups is 3. The van der Waals surface area contributed by atoms with E-state index in [2.05, 4.69) is 0 Å². The number of carbonyl (C=O) groups excluding carboxylic acids is 1. The Bertz CT molecular complexity index is 417. The number of allylic oxidation sites excluding steroid dienone is 2. The molecular weight excluding hydrogens is 224 g/mol. The maximum absolute atomic E-state index is 11.7. The fourth-order valence-electron chi connectivity index (χ4n) is 1.70. The minimum absolute atomic E-state index is 0.0153. The minimum Gasteiger partial charge on any atom is -0.481 e. The summed E-state index contributed by atoms with van der Waals surface area (Å²) in [5.41, 5.74) is 0.215. The molecule has 0 saturated heterocycles. The van der Waals surface area contributed by atoms with Crippen LogP contribution in [0.25, 0.3) is 0 Å². The second kappa shape index (κ2) is 5.43. The summed E-state index contributed by atoms with van der Waals surface area (Å²) in [7, 11) is 0. The van der Waals surface area contributed by atoms with Gasteiger partial charge in [-0.25, -0.2) is 4.79 Å². The summed E-state index contributed by atoms with van der Waals surface area (Å²) in [4.78, 5) is 33.0. The Hall–Kier alpha value is -1.91. The van der Waals surface area contributed by atoms with Crippen LogP contribution in [0.3, 0.4) is 0 Å². The van der Waals surface area contributed by atoms with Crippen molar-refractivity contribution >= 4 is 17.7 Å². The summed E-state index contributed by atoms with van der Waals surface area (Å²) in [6, 6.07) is 0. The van der Waals surface area contributed by atoms with Crippen LogP contribution in [0.15, 0.2) is 23.3 Å². The van der Waals surface area contributed by atoms with E-state index in [1.54, 1.807) is 6.08 Å². The lowest BCUT2D eigenvalue weighted by Gasteiger charge is -2.16. The van der Waals surface area contributed by atoms with Crippen molar-refractivity contribution in [2.45, 2.75) is 26.2 Å². The van der Waals surface area contributed by atoms with Gasteiger partial charge in [-0.3, -0.25) is 9.59 Å². The average Bonchev–Trinajstić information content (AvgIpc) is 2.25. The third kappa shape index (κ3) is 3.55. The third-order valence-electron chi connectivity index (χ3n) is 2.58. The molecule has 2 N–H and O–H groups in total. The Morgan fingerprint density at radius 3 is 2.47 bits per heavy atom. The number of rotatable bonds is 5. The first kappa shape index (κ1) is 13.2. The fraction of sp³-hybridized carbons (Fsp3) is 0.417. The second-order valence-electron chi connectivity index (χ2n) is 4.05. The molecule has 0 radical (unpaired) electrons. The predicted molar refractivity (Wildman–Crippen MR) is 59.5 cm³/mol. The SMILES string of the molecule is CC1C=CC(C(=O)O)=C(C(=O)CCC(=O)O)C1. The highest BCUT2D eigenvalue weighted by Gasteiger charge is 2.23. The van der Waals surface area contributed by atoms with E-state index < -0.39 is 11.9 Å². The van der Waals surface area contributed by atoms with Crippen molar-refractivity contribution in [2.75, 3.05) is 0 Å². The van der Waals surface area contributed by atoms with Crippen LogP contribution in [0.2, 0.25) is 0 Å². The van der Waals surface area contributed by atoms with Crippen LogP contribution < -0.4 is 0 Å². The molecule has 0 heterocycles. The number of aliphatic carboxylic acids is 2. The Balaban J connectivity index is 2.89. The zero-order valence-corrected chi connectivity index (χ0v) is 9.47. The Morgan fingerprint density at radius 1 is 1.29 bits per heavy atom. The van der Waals surface area contributed by atoms with Gasteiger partial charge in [0.05, 0.1) is 12.0 Å². The standard InChI is InChI=1S/C12H14O5/c1-7-2-3-8(12(16)17)9(6-7)10(13)4-5-11(14)15/h2-3,7H,4-6H2,1H3,(H,14,15)(H,16,17). The number of hydrogen-bond donors (Lipinski definition) is 2. The molecule has 0 aromatic heterocycles. The van der Waals surface area contributed by atoms with Gasteiger partial charge in [-0.15, -0.1) is 0 Å². The number of carboxylic acid groups (broad SMARTS) is 2. The predicted octanol–water partition coefficient (Wildman–Crippen LogP) is 1.40. The van der Waals surface area contributed by atoms with Crippen molar-refractivity contribution in [2.24, 2.45) is 5.92 Å². The normalized spacial score (nSPS) is 19.2. The van der Waals surface area contributed by atoms with Crippen LogP contribution >= 0.6 is 0 Å². The van der Waals surface area contributed by atoms with Crippen molar-refractivity contribution in [3.8, 4) is 0 Å². The van der Waals surface area contributed by atoms with E-state index in [0.29, 0.717) is 6.42 Å². The zero-order chi connectivity index (χ0) is 13.0. The number of carboxylic acids is 2. The molecule has 0 amide bonds. The van der Waals surface area contributed by atoms with E-state index in [4.69, 9.17) is 10.2 Å². The topological polar surface area (TPSA) is 91.7 Å². The quantitative estimate of drug-likeness (QED) is 0.755. The first-order valence-electron chi connectivity index (χ1n) is 5.31. The van der Waals surface area contributed by atoms with Crippen LogP contribution in [-0.4, -0.2) is 27.9 Å². The van der Waals surface area contributed by atoms with Gasteiger partial charge < -0.3 is 10.2 Å². The molecule has 1 atom stereocenters. The van der Waals surface area contributed by atoms with E-state index >= 15 is 0 Å². The van der Waals surface area contributed by atoms with Crippen molar-refractivity contribution in [1.82, 2.24) is 0 Å². The van der Waals surface area contributed by atoms with Crippen LogP contribution in [0.5, 0.6) is 0 Å². The molecule has 1 unspecified atom stereocenters. The van der Waals surface area contributed by atoms with Gasteiger partial charge in [0.15, 0.2) is 5.78 Å². The van der Waals surface area contributed by atoms with Gasteiger partial charge in [0.2, 0.25) is 0 Å². The summed E-state index contributed by atoms with van der Waals surface area (Å²) in [6.07, 6.45) is 3.09. The molecule has 5 nitrogen and oxygen atoms in total. The van der Waals surface area contributed by atoms with Gasteiger partial charge in [0.1, 0.15) is 0 Å². The maximum Gasteiger partial charge on any atom is 0.336 e. The van der Waals surface area contributed by atoms with Gasteiger partial charge in [-0.2, -0.15) is 0 Å². The number of ketones is 1. The van der Waals surface area contributed by atoms with Gasteiger partial charge in [0, 0.05) is 12.0 Å². The number of Topliss-reactive ketones (excluding diaryl/α,β-unsaturated/α-hetero) is 1. The Labute approximate surface area is 98.4 Å². The average molecular weight is 238 g/mol. The maximum atomic E-state index is 11.7. The molecule has 92 valence electrons. The molecule has 0 aromatic carbocycles. The van der Waals surface area contributed by atoms with Crippen LogP contribution in [0.1, 0.15) is 26.2 Å². The van der Waals surface area contributed by atoms with E-state index in [1.807, 2.05) is 6.92 Å². The lowest BCUT2D eigenvalue weighted by molar-refractivity contribution is -0.138. The smallest absolute Gasteiger partial charge is 0.336 e. The summed E-state index contributed by atoms with van der Waals surface area (Å²) in [5.74, 6) is -2.50. The van der Waals surface area contributed by atoms with Crippen molar-refractivity contribution < 1.29 is 24.6 Å². The molecule has 0 bridgehead atoms. The highest BCUT2D eigenvalue weighted by atomic mass is 16.4. The highest BCUT2D eigenvalue weighted by Crippen LogP contribution is 2.25. The molecule has 0 fully saturated rings. The first-order valence-corrected chi connectivity index (χ1v) is 5.31. The van der Waals surface area contributed by atoms with Gasteiger partial charge in [-0.05, 0) is 12.3 Å². The first-order chi connectivity index (χ1) is 7.91. The Morgan fingerprint density at radius 2 is 1.94 bits per heavy atom. The molecule has 0 spiro atoms. The van der Waals surface area contributed by atoms with Crippen molar-refractivity contribution in [3.05, 3.63) is 23.3 Å². The molecule has 0 aliphatic heterocycles. The minimum atomic E-state index is -1.15. The molecule has 1 rings (SSSR count). The van der Waals surface area contributed by atoms with Crippen molar-refractivity contribution in [1.29, 1.82) is 0 Å². The molecule has 1 aliphatic carbocycles. The van der Waals surface area contributed by atoms with Crippen molar-refractivity contribution in [3.63, 3.8) is 0 Å². The molecule has 17 heavy (non-hydrogen) atoms. The second-order valence-corrected chi connectivity index (χ2v) is 4.05. The van der Waals surface area contributed by atoms with E-state index in [-0.39, 0.29) is 35.7 Å². The summed E-state index contributed by atoms with van der Waals surface area (Å²) in [5, 5.41) is 17.4. The van der Waals surface area contributed by atoms with Gasteiger partial charge >= 0.3 is 11.9 Å². The summed E-state index contributed by atoms with van der Waals surface area (Å²) < 4.78 is 0. The molecule has 0 aromatic rings.